The van der Waals surface area contributed by atoms with Gasteiger partial charge in [-0.15, -0.1) is 0 Å². The first-order chi connectivity index (χ1) is 6.17. The smallest absolute Gasteiger partial charge is 0.271 e. The van der Waals surface area contributed by atoms with Crippen LogP contribution in [0.2, 0.25) is 0 Å². The van der Waals surface area contributed by atoms with Crippen molar-refractivity contribution in [3.63, 3.8) is 0 Å². The zero-order valence-electron chi connectivity index (χ0n) is 6.43. The predicted molar refractivity (Wildman–Crippen MR) is 43.2 cm³/mol. The Labute approximate surface area is 73.4 Å². The highest BCUT2D eigenvalue weighted by Gasteiger charge is 2.08. The van der Waals surface area contributed by atoms with Gasteiger partial charge in [-0.1, -0.05) is 0 Å². The molecule has 64 valence electrons. The van der Waals surface area contributed by atoms with Crippen molar-refractivity contribution >= 4 is 12.0 Å². The van der Waals surface area contributed by atoms with Crippen LogP contribution in [0, 0.1) is 21.4 Å². The van der Waals surface area contributed by atoms with E-state index in [1.165, 1.54) is 6.07 Å². The molecule has 0 amide bonds. The second-order valence-corrected chi connectivity index (χ2v) is 2.30. The SMILES string of the molecule is N#Cc1cc(C=O)cc([N+](=O)[O-])c1. The Morgan fingerprint density at radius 1 is 1.46 bits per heavy atom. The quantitative estimate of drug-likeness (QED) is 0.386. The van der Waals surface area contributed by atoms with E-state index >= 15 is 0 Å². The molecule has 0 radical (unpaired) electrons. The summed E-state index contributed by atoms with van der Waals surface area (Å²) in [6.45, 7) is 0. The van der Waals surface area contributed by atoms with E-state index in [1.54, 1.807) is 6.07 Å². The largest absolute Gasteiger partial charge is 0.298 e. The number of carbonyl (C=O) groups is 1. The van der Waals surface area contributed by atoms with Crippen molar-refractivity contribution in [1.29, 1.82) is 5.26 Å². The van der Waals surface area contributed by atoms with Gasteiger partial charge in [0, 0.05) is 17.7 Å². The molecule has 0 unspecified atom stereocenters. The molecule has 0 saturated carbocycles. The van der Waals surface area contributed by atoms with Gasteiger partial charge in [-0.3, -0.25) is 14.9 Å². The van der Waals surface area contributed by atoms with Crippen molar-refractivity contribution in [2.75, 3.05) is 0 Å². The highest BCUT2D eigenvalue weighted by atomic mass is 16.6. The minimum atomic E-state index is -0.645. The summed E-state index contributed by atoms with van der Waals surface area (Å²) in [6.07, 6.45) is 0.466. The van der Waals surface area contributed by atoms with Crippen molar-refractivity contribution < 1.29 is 9.72 Å². The number of nitro groups is 1. The van der Waals surface area contributed by atoms with Crippen molar-refractivity contribution in [3.05, 3.63) is 39.4 Å². The first-order valence-electron chi connectivity index (χ1n) is 3.32. The van der Waals surface area contributed by atoms with Crippen LogP contribution >= 0.6 is 0 Å². The maximum absolute atomic E-state index is 10.3. The Hall–Kier alpha value is -2.22. The van der Waals surface area contributed by atoms with E-state index in [2.05, 4.69) is 0 Å². The molecule has 0 atom stereocenters. The Balaban J connectivity index is 3.32. The highest BCUT2D eigenvalue weighted by molar-refractivity contribution is 5.77. The summed E-state index contributed by atoms with van der Waals surface area (Å²) in [5, 5.41) is 18.8. The lowest BCUT2D eigenvalue weighted by atomic mass is 10.1. The van der Waals surface area contributed by atoms with Crippen molar-refractivity contribution in [3.8, 4) is 6.07 Å². The van der Waals surface area contributed by atoms with Crippen molar-refractivity contribution in [2.45, 2.75) is 0 Å². The molecule has 5 heteroatoms. The van der Waals surface area contributed by atoms with E-state index in [4.69, 9.17) is 5.26 Å². The standard InChI is InChI=1S/C8H4N2O3/c9-4-6-1-7(5-11)3-8(2-6)10(12)13/h1-3,5H. The summed E-state index contributed by atoms with van der Waals surface area (Å²) in [6, 6.07) is 5.26. The second kappa shape index (κ2) is 3.45. The van der Waals surface area contributed by atoms with Crippen LogP contribution in [0.5, 0.6) is 0 Å². The fourth-order valence-electron chi connectivity index (χ4n) is 0.873. The molecular formula is C8H4N2O3. The maximum Gasteiger partial charge on any atom is 0.271 e. The summed E-state index contributed by atoms with van der Waals surface area (Å²) in [5.41, 5.74) is -0.0109. The fraction of sp³-hybridized carbons (Fsp3) is 0. The van der Waals surface area contributed by atoms with Gasteiger partial charge in [0.2, 0.25) is 0 Å². The molecule has 0 saturated heterocycles. The summed E-state index contributed by atoms with van der Waals surface area (Å²) in [5.74, 6) is 0. The molecule has 0 aliphatic carbocycles. The molecule has 13 heavy (non-hydrogen) atoms. The Kier molecular flexibility index (Phi) is 2.36. The first-order valence-corrected chi connectivity index (χ1v) is 3.32. The van der Waals surface area contributed by atoms with Crippen LogP contribution in [0.4, 0.5) is 5.69 Å². The van der Waals surface area contributed by atoms with E-state index in [1.807, 2.05) is 0 Å². The van der Waals surface area contributed by atoms with Gasteiger partial charge in [-0.05, 0) is 6.07 Å². The van der Waals surface area contributed by atoms with Crippen molar-refractivity contribution in [1.82, 2.24) is 0 Å². The average molecular weight is 176 g/mol. The molecule has 5 nitrogen and oxygen atoms in total. The van der Waals surface area contributed by atoms with Gasteiger partial charge >= 0.3 is 0 Å². The Bertz CT molecular complexity index is 406. The zero-order valence-corrected chi connectivity index (χ0v) is 6.43. The zero-order chi connectivity index (χ0) is 9.84. The van der Waals surface area contributed by atoms with Crippen LogP contribution in [0.15, 0.2) is 18.2 Å². The van der Waals surface area contributed by atoms with Crippen LogP contribution in [0.25, 0.3) is 0 Å². The Morgan fingerprint density at radius 3 is 2.62 bits per heavy atom. The number of hydrogen-bond acceptors (Lipinski definition) is 4. The number of aldehydes is 1. The van der Waals surface area contributed by atoms with Gasteiger partial charge < -0.3 is 0 Å². The predicted octanol–water partition coefficient (Wildman–Crippen LogP) is 1.28. The molecule has 0 aliphatic rings. The van der Waals surface area contributed by atoms with Gasteiger partial charge in [0.15, 0.2) is 0 Å². The lowest BCUT2D eigenvalue weighted by Crippen LogP contribution is -1.91. The van der Waals surface area contributed by atoms with E-state index < -0.39 is 4.92 Å². The molecule has 1 aromatic carbocycles. The molecule has 0 aliphatic heterocycles. The number of carbonyl (C=O) groups excluding carboxylic acids is 1. The lowest BCUT2D eigenvalue weighted by Gasteiger charge is -1.93. The van der Waals surface area contributed by atoms with Crippen LogP contribution < -0.4 is 0 Å². The number of non-ortho nitro benzene ring substituents is 1. The molecule has 1 rings (SSSR count). The molecule has 0 spiro atoms. The van der Waals surface area contributed by atoms with Crippen molar-refractivity contribution in [2.24, 2.45) is 0 Å². The highest BCUT2D eigenvalue weighted by Crippen LogP contribution is 2.15. The maximum atomic E-state index is 10.3. The topological polar surface area (TPSA) is 84.0 Å². The van der Waals surface area contributed by atoms with Gasteiger partial charge in [-0.2, -0.15) is 5.26 Å². The normalized spacial score (nSPS) is 8.85. The lowest BCUT2D eigenvalue weighted by molar-refractivity contribution is -0.384. The summed E-state index contributed by atoms with van der Waals surface area (Å²) in [4.78, 5) is 20.0. The van der Waals surface area contributed by atoms with Crippen LogP contribution in [0.1, 0.15) is 15.9 Å². The summed E-state index contributed by atoms with van der Waals surface area (Å²) < 4.78 is 0. The Morgan fingerprint density at radius 2 is 2.15 bits per heavy atom. The molecule has 0 N–H and O–H groups in total. The summed E-state index contributed by atoms with van der Waals surface area (Å²) >= 11 is 0. The van der Waals surface area contributed by atoms with E-state index in [9.17, 15) is 14.9 Å². The molecule has 0 bridgehead atoms. The van der Waals surface area contributed by atoms with Crippen LogP contribution in [-0.4, -0.2) is 11.2 Å². The molecule has 0 heterocycles. The monoisotopic (exact) mass is 176 g/mol. The van der Waals surface area contributed by atoms with Gasteiger partial charge in [0.1, 0.15) is 6.29 Å². The third kappa shape index (κ3) is 1.87. The average Bonchev–Trinajstić information content (AvgIpc) is 2.16. The minimum absolute atomic E-state index is 0.108. The van der Waals surface area contributed by atoms with Gasteiger partial charge in [-0.25, -0.2) is 0 Å². The third-order valence-electron chi connectivity index (χ3n) is 1.42. The number of nitriles is 1. The van der Waals surface area contributed by atoms with E-state index in [0.29, 0.717) is 6.29 Å². The molecule has 1 aromatic rings. The number of rotatable bonds is 2. The van der Waals surface area contributed by atoms with E-state index in [-0.39, 0.29) is 16.8 Å². The molecule has 0 fully saturated rings. The number of nitrogens with zero attached hydrogens (tertiary/aromatic N) is 2. The number of benzene rings is 1. The molecule has 0 aromatic heterocycles. The fourth-order valence-corrected chi connectivity index (χ4v) is 0.873. The van der Waals surface area contributed by atoms with Gasteiger partial charge in [0.25, 0.3) is 5.69 Å². The second-order valence-electron chi connectivity index (χ2n) is 2.30. The third-order valence-corrected chi connectivity index (χ3v) is 1.42. The minimum Gasteiger partial charge on any atom is -0.298 e. The number of hydrogen-bond donors (Lipinski definition) is 0. The van der Waals surface area contributed by atoms with Crippen LogP contribution in [0.3, 0.4) is 0 Å². The number of nitro benzene ring substituents is 1. The molecular weight excluding hydrogens is 172 g/mol. The summed E-state index contributed by atoms with van der Waals surface area (Å²) in [7, 11) is 0. The van der Waals surface area contributed by atoms with Crippen LogP contribution in [-0.2, 0) is 0 Å². The van der Waals surface area contributed by atoms with E-state index in [0.717, 1.165) is 12.1 Å². The van der Waals surface area contributed by atoms with Gasteiger partial charge in [0.05, 0.1) is 16.6 Å². The first kappa shape index (κ1) is 8.87.